The standard InChI is InChI=1S/C11H20N2O3S/c1-3-17-8-9(2)12-4-5-13(7-11(15)16)10(14)6-12/h9H,3-8H2,1-2H3,(H,15,16). The third-order valence-corrected chi connectivity index (χ3v) is 3.99. The third kappa shape index (κ3) is 4.55. The van der Waals surface area contributed by atoms with Crippen molar-refractivity contribution in [3.63, 3.8) is 0 Å². The molecule has 1 fully saturated rings. The second kappa shape index (κ2) is 6.86. The van der Waals surface area contributed by atoms with Gasteiger partial charge in [0.1, 0.15) is 6.54 Å². The summed E-state index contributed by atoms with van der Waals surface area (Å²) in [6.07, 6.45) is 0. The van der Waals surface area contributed by atoms with Crippen molar-refractivity contribution in [2.75, 3.05) is 37.7 Å². The summed E-state index contributed by atoms with van der Waals surface area (Å²) < 4.78 is 0. The highest BCUT2D eigenvalue weighted by atomic mass is 32.2. The van der Waals surface area contributed by atoms with E-state index in [9.17, 15) is 9.59 Å². The van der Waals surface area contributed by atoms with Gasteiger partial charge in [0.05, 0.1) is 6.54 Å². The molecule has 1 atom stereocenters. The molecule has 5 nitrogen and oxygen atoms in total. The first-order valence-electron chi connectivity index (χ1n) is 5.86. The minimum absolute atomic E-state index is 0.0769. The predicted molar refractivity (Wildman–Crippen MR) is 68.2 cm³/mol. The molecule has 0 aromatic rings. The van der Waals surface area contributed by atoms with Crippen LogP contribution in [0.5, 0.6) is 0 Å². The first-order chi connectivity index (χ1) is 8.04. The molecule has 0 aromatic carbocycles. The molecule has 0 bridgehead atoms. The summed E-state index contributed by atoms with van der Waals surface area (Å²) in [7, 11) is 0. The zero-order valence-electron chi connectivity index (χ0n) is 10.4. The maximum absolute atomic E-state index is 11.7. The van der Waals surface area contributed by atoms with Gasteiger partial charge in [0.25, 0.3) is 0 Å². The van der Waals surface area contributed by atoms with Crippen molar-refractivity contribution in [2.45, 2.75) is 19.9 Å². The van der Waals surface area contributed by atoms with E-state index in [0.29, 0.717) is 19.1 Å². The molecule has 0 aliphatic carbocycles. The quantitative estimate of drug-likeness (QED) is 0.747. The van der Waals surface area contributed by atoms with Crippen LogP contribution in [0.3, 0.4) is 0 Å². The highest BCUT2D eigenvalue weighted by molar-refractivity contribution is 7.99. The van der Waals surface area contributed by atoms with Crippen LogP contribution in [0.1, 0.15) is 13.8 Å². The molecule has 98 valence electrons. The van der Waals surface area contributed by atoms with E-state index in [1.807, 2.05) is 11.8 Å². The number of hydrogen-bond acceptors (Lipinski definition) is 4. The van der Waals surface area contributed by atoms with Gasteiger partial charge >= 0.3 is 5.97 Å². The van der Waals surface area contributed by atoms with Crippen LogP contribution < -0.4 is 0 Å². The van der Waals surface area contributed by atoms with Crippen molar-refractivity contribution in [3.8, 4) is 0 Å². The highest BCUT2D eigenvalue weighted by Gasteiger charge is 2.27. The number of rotatable bonds is 6. The van der Waals surface area contributed by atoms with Crippen molar-refractivity contribution in [1.29, 1.82) is 0 Å². The Labute approximate surface area is 106 Å². The number of amides is 1. The van der Waals surface area contributed by atoms with Gasteiger partial charge in [-0.1, -0.05) is 6.92 Å². The number of carbonyl (C=O) groups excluding carboxylic acids is 1. The largest absolute Gasteiger partial charge is 0.480 e. The number of carboxylic acids is 1. The fraction of sp³-hybridized carbons (Fsp3) is 0.818. The van der Waals surface area contributed by atoms with Crippen LogP contribution in [0, 0.1) is 0 Å². The highest BCUT2D eigenvalue weighted by Crippen LogP contribution is 2.12. The van der Waals surface area contributed by atoms with Crippen LogP contribution in [0.25, 0.3) is 0 Å². The van der Waals surface area contributed by atoms with E-state index in [1.54, 1.807) is 0 Å². The molecular formula is C11H20N2O3S. The summed E-state index contributed by atoms with van der Waals surface area (Å²) in [6.45, 7) is 5.69. The lowest BCUT2D eigenvalue weighted by Gasteiger charge is -2.36. The second-order valence-electron chi connectivity index (χ2n) is 4.19. The number of hydrogen-bond donors (Lipinski definition) is 1. The maximum Gasteiger partial charge on any atom is 0.323 e. The van der Waals surface area contributed by atoms with Gasteiger partial charge in [0.15, 0.2) is 0 Å². The summed E-state index contributed by atoms with van der Waals surface area (Å²) in [5.74, 6) is 1.08. The molecule has 17 heavy (non-hydrogen) atoms. The number of carboxylic acid groups (broad SMARTS) is 1. The number of aliphatic carboxylic acids is 1. The third-order valence-electron chi connectivity index (χ3n) is 2.86. The molecule has 1 N–H and O–H groups in total. The molecule has 1 saturated heterocycles. The minimum atomic E-state index is -0.943. The Morgan fingerprint density at radius 1 is 1.53 bits per heavy atom. The fourth-order valence-corrected chi connectivity index (χ4v) is 2.61. The summed E-state index contributed by atoms with van der Waals surface area (Å²) in [5.41, 5.74) is 0. The van der Waals surface area contributed by atoms with Crippen molar-refractivity contribution >= 4 is 23.6 Å². The molecule has 6 heteroatoms. The molecule has 0 saturated carbocycles. The Morgan fingerprint density at radius 2 is 2.24 bits per heavy atom. The normalized spacial score (nSPS) is 19.4. The Morgan fingerprint density at radius 3 is 2.76 bits per heavy atom. The Kier molecular flexibility index (Phi) is 5.77. The fourth-order valence-electron chi connectivity index (χ4n) is 1.83. The van der Waals surface area contributed by atoms with Gasteiger partial charge in [0, 0.05) is 24.9 Å². The Bertz CT molecular complexity index is 286. The van der Waals surface area contributed by atoms with Crippen molar-refractivity contribution < 1.29 is 14.7 Å². The smallest absolute Gasteiger partial charge is 0.323 e. The lowest BCUT2D eigenvalue weighted by molar-refractivity contribution is -0.147. The van der Waals surface area contributed by atoms with Gasteiger partial charge in [-0.2, -0.15) is 11.8 Å². The van der Waals surface area contributed by atoms with Crippen LogP contribution in [0.15, 0.2) is 0 Å². The molecule has 1 unspecified atom stereocenters. The molecule has 1 heterocycles. The first-order valence-corrected chi connectivity index (χ1v) is 7.01. The second-order valence-corrected chi connectivity index (χ2v) is 5.51. The summed E-state index contributed by atoms with van der Waals surface area (Å²) in [4.78, 5) is 25.8. The number of thioether (sulfide) groups is 1. The molecule has 1 amide bonds. The van der Waals surface area contributed by atoms with Gasteiger partial charge in [-0.25, -0.2) is 0 Å². The van der Waals surface area contributed by atoms with Gasteiger partial charge in [-0.3, -0.25) is 14.5 Å². The number of carbonyl (C=O) groups is 2. The average Bonchev–Trinajstić information content (AvgIpc) is 2.28. The van der Waals surface area contributed by atoms with E-state index in [0.717, 1.165) is 18.1 Å². The van der Waals surface area contributed by atoms with Crippen LogP contribution in [-0.2, 0) is 9.59 Å². The van der Waals surface area contributed by atoms with Crippen LogP contribution in [0.2, 0.25) is 0 Å². The van der Waals surface area contributed by atoms with E-state index in [2.05, 4.69) is 18.7 Å². The SMILES string of the molecule is CCSCC(C)N1CCN(CC(=O)O)C(=O)C1. The van der Waals surface area contributed by atoms with Crippen LogP contribution in [0.4, 0.5) is 0 Å². The summed E-state index contributed by atoms with van der Waals surface area (Å²) in [5, 5.41) is 8.66. The van der Waals surface area contributed by atoms with Crippen LogP contribution >= 0.6 is 11.8 Å². The number of piperazine rings is 1. The van der Waals surface area contributed by atoms with E-state index in [-0.39, 0.29) is 12.5 Å². The molecule has 0 aromatic heterocycles. The van der Waals surface area contributed by atoms with Gasteiger partial charge < -0.3 is 10.0 Å². The molecule has 0 radical (unpaired) electrons. The lowest BCUT2D eigenvalue weighted by atomic mass is 10.2. The molecular weight excluding hydrogens is 240 g/mol. The van der Waals surface area contributed by atoms with Crippen molar-refractivity contribution in [2.24, 2.45) is 0 Å². The van der Waals surface area contributed by atoms with E-state index in [1.165, 1.54) is 4.90 Å². The predicted octanol–water partition coefficient (Wildman–Crippen LogP) is 0.357. The van der Waals surface area contributed by atoms with Crippen LogP contribution in [-0.4, -0.2) is 70.5 Å². The monoisotopic (exact) mass is 260 g/mol. The van der Waals surface area contributed by atoms with Crippen molar-refractivity contribution in [1.82, 2.24) is 9.80 Å². The molecule has 0 spiro atoms. The Balaban J connectivity index is 2.40. The Hall–Kier alpha value is -0.750. The van der Waals surface area contributed by atoms with Gasteiger partial charge in [0.2, 0.25) is 5.91 Å². The average molecular weight is 260 g/mol. The zero-order valence-corrected chi connectivity index (χ0v) is 11.2. The zero-order chi connectivity index (χ0) is 12.8. The lowest BCUT2D eigenvalue weighted by Crippen LogP contribution is -2.54. The molecule has 1 aliphatic rings. The minimum Gasteiger partial charge on any atom is -0.480 e. The maximum atomic E-state index is 11.7. The van der Waals surface area contributed by atoms with E-state index >= 15 is 0 Å². The number of nitrogens with zero attached hydrogens (tertiary/aromatic N) is 2. The summed E-state index contributed by atoms with van der Waals surface area (Å²) >= 11 is 1.86. The van der Waals surface area contributed by atoms with Gasteiger partial charge in [-0.05, 0) is 12.7 Å². The topological polar surface area (TPSA) is 60.9 Å². The summed E-state index contributed by atoms with van der Waals surface area (Å²) in [6, 6.07) is 0.371. The van der Waals surface area contributed by atoms with E-state index < -0.39 is 5.97 Å². The van der Waals surface area contributed by atoms with E-state index in [4.69, 9.17) is 5.11 Å². The first kappa shape index (κ1) is 14.3. The molecule has 1 aliphatic heterocycles. The molecule has 1 rings (SSSR count). The van der Waals surface area contributed by atoms with Crippen molar-refractivity contribution in [3.05, 3.63) is 0 Å². The van der Waals surface area contributed by atoms with Gasteiger partial charge in [-0.15, -0.1) is 0 Å².